The second-order valence-corrected chi connectivity index (χ2v) is 7.13. The molecule has 2 aromatic carbocycles. The third-order valence-corrected chi connectivity index (χ3v) is 5.20. The third-order valence-electron chi connectivity index (χ3n) is 5.20. The van der Waals surface area contributed by atoms with Gasteiger partial charge in [0.2, 0.25) is 0 Å². The van der Waals surface area contributed by atoms with Crippen LogP contribution in [0.15, 0.2) is 36.4 Å². The van der Waals surface area contributed by atoms with Crippen LogP contribution in [0.3, 0.4) is 0 Å². The Balaban J connectivity index is 1.77. The molecule has 0 aliphatic carbocycles. The fourth-order valence-electron chi connectivity index (χ4n) is 3.72. The molecule has 1 unspecified atom stereocenters. The Bertz CT molecular complexity index is 978. The van der Waals surface area contributed by atoms with Crippen molar-refractivity contribution in [3.05, 3.63) is 64.2 Å². The predicted molar refractivity (Wildman–Crippen MR) is 99.7 cm³/mol. The molecule has 2 aromatic rings. The Morgan fingerprint density at radius 1 is 0.926 bits per heavy atom. The Kier molecular flexibility index (Phi) is 3.89. The molecule has 27 heavy (non-hydrogen) atoms. The quantitative estimate of drug-likeness (QED) is 0.850. The van der Waals surface area contributed by atoms with Crippen LogP contribution in [0.2, 0.25) is 0 Å². The normalized spacial score (nSPS) is 18.6. The molecule has 138 valence electrons. The lowest BCUT2D eigenvalue weighted by molar-refractivity contribution is 0.0609. The van der Waals surface area contributed by atoms with Crippen LogP contribution in [0.5, 0.6) is 0 Å². The zero-order chi connectivity index (χ0) is 19.5. The minimum Gasteiger partial charge on any atom is -0.369 e. The number of anilines is 1. The van der Waals surface area contributed by atoms with Crippen LogP contribution in [0, 0.1) is 0 Å². The number of aryl methyl sites for hydroxylation is 1. The Morgan fingerprint density at radius 2 is 1.52 bits per heavy atom. The van der Waals surface area contributed by atoms with E-state index in [1.807, 2.05) is 19.1 Å². The van der Waals surface area contributed by atoms with Crippen molar-refractivity contribution < 1.29 is 19.5 Å². The molecule has 6 heteroatoms. The first-order chi connectivity index (χ1) is 12.8. The van der Waals surface area contributed by atoms with E-state index in [1.54, 1.807) is 26.0 Å². The van der Waals surface area contributed by atoms with E-state index in [2.05, 4.69) is 0 Å². The largest absolute Gasteiger partial charge is 0.369 e. The summed E-state index contributed by atoms with van der Waals surface area (Å²) in [4.78, 5) is 40.5. The lowest BCUT2D eigenvalue weighted by Gasteiger charge is -2.21. The number of aliphatic hydroxyl groups excluding tert-OH is 1. The predicted octanol–water partition coefficient (Wildman–Crippen LogP) is 2.90. The monoisotopic (exact) mass is 364 g/mol. The molecule has 1 N–H and O–H groups in total. The lowest BCUT2D eigenvalue weighted by atomic mass is 10.0. The zero-order valence-electron chi connectivity index (χ0n) is 15.4. The minimum atomic E-state index is -1.19. The number of carbonyl (C=O) groups is 3. The van der Waals surface area contributed by atoms with Crippen LogP contribution in [0.1, 0.15) is 69.2 Å². The highest BCUT2D eigenvalue weighted by Gasteiger charge is 2.43. The SMILES string of the molecule is CCc1ccc(N2C(=O)c3cc4c(cc3C2O)C(=O)N(C(C)C)C4=O)cc1. The molecule has 0 bridgehead atoms. The first-order valence-corrected chi connectivity index (χ1v) is 9.01. The van der Waals surface area contributed by atoms with Crippen LogP contribution in [-0.2, 0) is 6.42 Å². The molecule has 2 heterocycles. The molecule has 0 fully saturated rings. The molecule has 0 saturated heterocycles. The molecule has 0 spiro atoms. The number of carbonyl (C=O) groups excluding carboxylic acids is 3. The van der Waals surface area contributed by atoms with E-state index in [9.17, 15) is 19.5 Å². The summed E-state index contributed by atoms with van der Waals surface area (Å²) < 4.78 is 0. The number of hydrogen-bond acceptors (Lipinski definition) is 4. The fraction of sp³-hybridized carbons (Fsp3) is 0.286. The molecule has 0 aromatic heterocycles. The van der Waals surface area contributed by atoms with E-state index in [1.165, 1.54) is 21.9 Å². The summed E-state index contributed by atoms with van der Waals surface area (Å²) in [7, 11) is 0. The standard InChI is InChI=1S/C21H20N2O4/c1-4-12-5-7-13(8-6-12)23-20(26)16-9-14-15(10-17(16)21(23)27)19(25)22(11(2)3)18(14)24/h5-11,20,26H,4H2,1-3H3. The molecule has 0 saturated carbocycles. The van der Waals surface area contributed by atoms with Gasteiger partial charge in [-0.3, -0.25) is 24.2 Å². The maximum Gasteiger partial charge on any atom is 0.261 e. The fourth-order valence-corrected chi connectivity index (χ4v) is 3.72. The number of imide groups is 1. The smallest absolute Gasteiger partial charge is 0.261 e. The van der Waals surface area contributed by atoms with Crippen LogP contribution in [0.25, 0.3) is 0 Å². The van der Waals surface area contributed by atoms with Crippen molar-refractivity contribution in [3.63, 3.8) is 0 Å². The second kappa shape index (κ2) is 6.03. The Labute approximate surface area is 157 Å². The van der Waals surface area contributed by atoms with E-state index in [4.69, 9.17) is 0 Å². The summed E-state index contributed by atoms with van der Waals surface area (Å²) in [6.07, 6.45) is -0.318. The molecular formula is C21H20N2O4. The van der Waals surface area contributed by atoms with Gasteiger partial charge in [0.1, 0.15) is 0 Å². The highest BCUT2D eigenvalue weighted by Crippen LogP contribution is 2.39. The van der Waals surface area contributed by atoms with Crippen LogP contribution < -0.4 is 4.90 Å². The Morgan fingerprint density at radius 3 is 2.07 bits per heavy atom. The van der Waals surface area contributed by atoms with E-state index in [0.29, 0.717) is 11.3 Å². The molecular weight excluding hydrogens is 344 g/mol. The molecule has 1 atom stereocenters. The number of hydrogen-bond donors (Lipinski definition) is 1. The molecule has 2 aliphatic heterocycles. The average molecular weight is 364 g/mol. The lowest BCUT2D eigenvalue weighted by Crippen LogP contribution is -2.36. The second-order valence-electron chi connectivity index (χ2n) is 7.13. The summed E-state index contributed by atoms with van der Waals surface area (Å²) in [5, 5.41) is 10.7. The van der Waals surface area contributed by atoms with E-state index in [-0.39, 0.29) is 28.6 Å². The first kappa shape index (κ1) is 17.4. The number of amides is 3. The number of nitrogens with zero attached hydrogens (tertiary/aromatic N) is 2. The number of benzene rings is 2. The van der Waals surface area contributed by atoms with Crippen molar-refractivity contribution in [2.45, 2.75) is 39.5 Å². The summed E-state index contributed by atoms with van der Waals surface area (Å²) in [6.45, 7) is 5.56. The number of rotatable bonds is 3. The topological polar surface area (TPSA) is 77.9 Å². The highest BCUT2D eigenvalue weighted by atomic mass is 16.3. The maximum atomic E-state index is 12.9. The van der Waals surface area contributed by atoms with Crippen molar-refractivity contribution in [1.29, 1.82) is 0 Å². The van der Waals surface area contributed by atoms with E-state index >= 15 is 0 Å². The van der Waals surface area contributed by atoms with Gasteiger partial charge < -0.3 is 5.11 Å². The van der Waals surface area contributed by atoms with Gasteiger partial charge in [-0.15, -0.1) is 0 Å². The van der Waals surface area contributed by atoms with Gasteiger partial charge in [-0.2, -0.15) is 0 Å². The van der Waals surface area contributed by atoms with Crippen molar-refractivity contribution in [2.75, 3.05) is 4.90 Å². The van der Waals surface area contributed by atoms with Crippen LogP contribution >= 0.6 is 0 Å². The number of fused-ring (bicyclic) bond motifs is 2. The van der Waals surface area contributed by atoms with Crippen LogP contribution in [0.4, 0.5) is 5.69 Å². The molecule has 4 rings (SSSR count). The van der Waals surface area contributed by atoms with Gasteiger partial charge in [0.15, 0.2) is 6.23 Å². The van der Waals surface area contributed by atoms with Crippen molar-refractivity contribution >= 4 is 23.4 Å². The van der Waals surface area contributed by atoms with Gasteiger partial charge in [0.05, 0.1) is 11.1 Å². The highest BCUT2D eigenvalue weighted by molar-refractivity contribution is 6.23. The summed E-state index contributed by atoms with van der Waals surface area (Å²) in [5.74, 6) is -1.17. The first-order valence-electron chi connectivity index (χ1n) is 9.01. The summed E-state index contributed by atoms with van der Waals surface area (Å²) in [5.41, 5.74) is 2.76. The third kappa shape index (κ3) is 2.40. The van der Waals surface area contributed by atoms with Gasteiger partial charge >= 0.3 is 0 Å². The molecule has 3 amide bonds. The summed E-state index contributed by atoms with van der Waals surface area (Å²) >= 11 is 0. The Hall–Kier alpha value is -2.99. The van der Waals surface area contributed by atoms with Crippen molar-refractivity contribution in [1.82, 2.24) is 4.90 Å². The number of aliphatic hydroxyl groups is 1. The molecule has 0 radical (unpaired) electrons. The van der Waals surface area contributed by atoms with E-state index < -0.39 is 18.0 Å². The van der Waals surface area contributed by atoms with Crippen LogP contribution in [-0.4, -0.2) is 33.8 Å². The van der Waals surface area contributed by atoms with Gasteiger partial charge in [0, 0.05) is 22.9 Å². The van der Waals surface area contributed by atoms with E-state index in [0.717, 1.165) is 12.0 Å². The van der Waals surface area contributed by atoms with Crippen molar-refractivity contribution in [2.24, 2.45) is 0 Å². The van der Waals surface area contributed by atoms with Gasteiger partial charge in [-0.1, -0.05) is 19.1 Å². The zero-order valence-corrected chi connectivity index (χ0v) is 15.4. The molecule has 6 nitrogen and oxygen atoms in total. The van der Waals surface area contributed by atoms with Gasteiger partial charge in [-0.25, -0.2) is 0 Å². The van der Waals surface area contributed by atoms with Gasteiger partial charge in [-0.05, 0) is 50.1 Å². The maximum absolute atomic E-state index is 12.9. The summed E-state index contributed by atoms with van der Waals surface area (Å²) in [6, 6.07) is 10.0. The average Bonchev–Trinajstić information content (AvgIpc) is 3.05. The van der Waals surface area contributed by atoms with Gasteiger partial charge in [0.25, 0.3) is 17.7 Å². The molecule has 2 aliphatic rings. The van der Waals surface area contributed by atoms with Crippen molar-refractivity contribution in [3.8, 4) is 0 Å². The minimum absolute atomic E-state index is 0.219.